The van der Waals surface area contributed by atoms with Crippen LogP contribution in [0.25, 0.3) is 0 Å². The van der Waals surface area contributed by atoms with Crippen LogP contribution < -0.4 is 5.73 Å². The third-order valence-corrected chi connectivity index (χ3v) is 3.93. The fourth-order valence-corrected chi connectivity index (χ4v) is 2.24. The maximum Gasteiger partial charge on any atom is 0.231 e. The smallest absolute Gasteiger partial charge is 0.231 e. The molecule has 1 aromatic heterocycles. The number of hydrogen-bond acceptors (Lipinski definition) is 3. The van der Waals surface area contributed by atoms with Gasteiger partial charge in [-0.2, -0.15) is 5.10 Å². The molecule has 1 aromatic rings. The number of rotatable bonds is 6. The van der Waals surface area contributed by atoms with Gasteiger partial charge in [0.05, 0.1) is 22.4 Å². The summed E-state index contributed by atoms with van der Waals surface area (Å²) in [6.07, 6.45) is 0. The predicted octanol–water partition coefficient (Wildman–Crippen LogP) is 1.67. The van der Waals surface area contributed by atoms with Gasteiger partial charge in [0.2, 0.25) is 5.91 Å². The van der Waals surface area contributed by atoms with E-state index in [0.717, 1.165) is 22.4 Å². The molecule has 6 heteroatoms. The number of aromatic nitrogens is 2. The Balaban J connectivity index is 2.96. The van der Waals surface area contributed by atoms with Crippen molar-refractivity contribution < 1.29 is 4.79 Å². The van der Waals surface area contributed by atoms with Crippen molar-refractivity contribution in [3.05, 3.63) is 15.9 Å². The molecule has 0 bridgehead atoms. The van der Waals surface area contributed by atoms with Crippen molar-refractivity contribution in [1.29, 1.82) is 0 Å². The third kappa shape index (κ3) is 3.55. The first-order valence-electron chi connectivity index (χ1n) is 6.10. The minimum Gasteiger partial charge on any atom is -0.369 e. The standard InChI is InChI=1S/C12H21BrN4O/c1-5-17-10(12(13)9(4)15-17)6-16(8(2)3)7-11(14)18/h8H,5-7H2,1-4H3,(H2,14,18). The van der Waals surface area contributed by atoms with Gasteiger partial charge in [0.1, 0.15) is 0 Å². The highest BCUT2D eigenvalue weighted by Crippen LogP contribution is 2.23. The van der Waals surface area contributed by atoms with Crippen molar-refractivity contribution in [2.45, 2.75) is 46.8 Å². The molecule has 0 atom stereocenters. The summed E-state index contributed by atoms with van der Waals surface area (Å²) in [5, 5.41) is 4.45. The van der Waals surface area contributed by atoms with Crippen molar-refractivity contribution in [3.63, 3.8) is 0 Å². The molecule has 1 rings (SSSR count). The van der Waals surface area contributed by atoms with E-state index in [1.165, 1.54) is 0 Å². The Morgan fingerprint density at radius 3 is 2.61 bits per heavy atom. The Hall–Kier alpha value is -0.880. The van der Waals surface area contributed by atoms with E-state index in [2.05, 4.69) is 41.8 Å². The van der Waals surface area contributed by atoms with Crippen LogP contribution in [0, 0.1) is 6.92 Å². The van der Waals surface area contributed by atoms with Crippen LogP contribution in [0.5, 0.6) is 0 Å². The van der Waals surface area contributed by atoms with Gasteiger partial charge in [-0.15, -0.1) is 0 Å². The van der Waals surface area contributed by atoms with Gasteiger partial charge >= 0.3 is 0 Å². The van der Waals surface area contributed by atoms with E-state index in [4.69, 9.17) is 5.73 Å². The van der Waals surface area contributed by atoms with Crippen LogP contribution in [-0.4, -0.2) is 33.2 Å². The SMILES string of the molecule is CCn1nc(C)c(Br)c1CN(CC(N)=O)C(C)C. The van der Waals surface area contributed by atoms with Crippen LogP contribution in [0.4, 0.5) is 0 Å². The second kappa shape index (κ2) is 6.33. The average molecular weight is 317 g/mol. The third-order valence-electron chi connectivity index (χ3n) is 2.89. The lowest BCUT2D eigenvalue weighted by Gasteiger charge is -2.25. The van der Waals surface area contributed by atoms with Crippen molar-refractivity contribution in [2.24, 2.45) is 5.73 Å². The fourth-order valence-electron chi connectivity index (χ4n) is 1.83. The molecule has 0 radical (unpaired) electrons. The quantitative estimate of drug-likeness (QED) is 0.868. The highest BCUT2D eigenvalue weighted by atomic mass is 79.9. The van der Waals surface area contributed by atoms with Gasteiger partial charge in [0.15, 0.2) is 0 Å². The van der Waals surface area contributed by atoms with E-state index in [0.29, 0.717) is 6.54 Å². The van der Waals surface area contributed by atoms with Crippen LogP contribution in [0.2, 0.25) is 0 Å². The second-order valence-electron chi connectivity index (χ2n) is 4.63. The molecule has 0 aliphatic rings. The van der Waals surface area contributed by atoms with Crippen molar-refractivity contribution in [3.8, 4) is 0 Å². The van der Waals surface area contributed by atoms with E-state index >= 15 is 0 Å². The zero-order valence-electron chi connectivity index (χ0n) is 11.4. The molecule has 0 unspecified atom stereocenters. The number of primary amides is 1. The molecule has 0 aromatic carbocycles. The first-order valence-corrected chi connectivity index (χ1v) is 6.90. The lowest BCUT2D eigenvalue weighted by Crippen LogP contribution is -2.38. The molecule has 1 amide bonds. The maximum absolute atomic E-state index is 11.1. The molecule has 5 nitrogen and oxygen atoms in total. The summed E-state index contributed by atoms with van der Waals surface area (Å²) in [5.41, 5.74) is 7.34. The Labute approximate surface area is 116 Å². The highest BCUT2D eigenvalue weighted by molar-refractivity contribution is 9.10. The fraction of sp³-hybridized carbons (Fsp3) is 0.667. The molecule has 0 aliphatic heterocycles. The second-order valence-corrected chi connectivity index (χ2v) is 5.42. The van der Waals surface area contributed by atoms with Crippen molar-refractivity contribution >= 4 is 21.8 Å². The maximum atomic E-state index is 11.1. The van der Waals surface area contributed by atoms with E-state index in [-0.39, 0.29) is 18.5 Å². The monoisotopic (exact) mass is 316 g/mol. The summed E-state index contributed by atoms with van der Waals surface area (Å²) >= 11 is 3.56. The topological polar surface area (TPSA) is 64.2 Å². The van der Waals surface area contributed by atoms with Gasteiger partial charge in [-0.1, -0.05) is 0 Å². The molecule has 0 saturated carbocycles. The lowest BCUT2D eigenvalue weighted by molar-refractivity contribution is -0.119. The van der Waals surface area contributed by atoms with Gasteiger partial charge in [-0.05, 0) is 43.6 Å². The Kier molecular flexibility index (Phi) is 5.34. The van der Waals surface area contributed by atoms with Crippen molar-refractivity contribution in [2.75, 3.05) is 6.54 Å². The number of aryl methyl sites for hydroxylation is 2. The van der Waals surface area contributed by atoms with E-state index in [1.54, 1.807) is 0 Å². The highest BCUT2D eigenvalue weighted by Gasteiger charge is 2.18. The zero-order valence-corrected chi connectivity index (χ0v) is 13.0. The molecule has 0 spiro atoms. The summed E-state index contributed by atoms with van der Waals surface area (Å²) in [5.74, 6) is -0.306. The van der Waals surface area contributed by atoms with E-state index in [9.17, 15) is 4.79 Å². The molecule has 1 heterocycles. The van der Waals surface area contributed by atoms with Gasteiger partial charge in [0.25, 0.3) is 0 Å². The lowest BCUT2D eigenvalue weighted by atomic mass is 10.2. The number of carbonyl (C=O) groups is 1. The van der Waals surface area contributed by atoms with Crippen LogP contribution >= 0.6 is 15.9 Å². The van der Waals surface area contributed by atoms with E-state index in [1.807, 2.05) is 16.5 Å². The zero-order chi connectivity index (χ0) is 13.9. The molecule has 0 fully saturated rings. The van der Waals surface area contributed by atoms with Gasteiger partial charge in [-0.25, -0.2) is 0 Å². The summed E-state index contributed by atoms with van der Waals surface area (Å²) in [6.45, 7) is 9.86. The largest absolute Gasteiger partial charge is 0.369 e. The van der Waals surface area contributed by atoms with Crippen LogP contribution in [0.1, 0.15) is 32.2 Å². The van der Waals surface area contributed by atoms with E-state index < -0.39 is 0 Å². The van der Waals surface area contributed by atoms with Crippen LogP contribution in [0.15, 0.2) is 4.47 Å². The number of amides is 1. The molecular formula is C12H21BrN4O. The average Bonchev–Trinajstić information content (AvgIpc) is 2.55. The molecule has 2 N–H and O–H groups in total. The summed E-state index contributed by atoms with van der Waals surface area (Å²) < 4.78 is 2.97. The summed E-state index contributed by atoms with van der Waals surface area (Å²) in [7, 11) is 0. The number of nitrogens with two attached hydrogens (primary N) is 1. The number of hydrogen-bond donors (Lipinski definition) is 1. The Morgan fingerprint density at radius 1 is 1.56 bits per heavy atom. The Morgan fingerprint density at radius 2 is 2.17 bits per heavy atom. The first kappa shape index (κ1) is 15.2. The van der Waals surface area contributed by atoms with Gasteiger partial charge in [0, 0.05) is 19.1 Å². The number of carbonyl (C=O) groups excluding carboxylic acids is 1. The van der Waals surface area contributed by atoms with Gasteiger partial charge in [-0.3, -0.25) is 14.4 Å². The van der Waals surface area contributed by atoms with Crippen molar-refractivity contribution in [1.82, 2.24) is 14.7 Å². The van der Waals surface area contributed by atoms with Gasteiger partial charge < -0.3 is 5.73 Å². The normalized spacial score (nSPS) is 11.5. The van der Waals surface area contributed by atoms with Crippen LogP contribution in [0.3, 0.4) is 0 Å². The first-order chi connectivity index (χ1) is 8.36. The predicted molar refractivity (Wildman–Crippen MR) is 75.1 cm³/mol. The number of nitrogens with zero attached hydrogens (tertiary/aromatic N) is 3. The molecule has 0 aliphatic carbocycles. The molecule has 102 valence electrons. The summed E-state index contributed by atoms with van der Waals surface area (Å²) in [4.78, 5) is 13.1. The molecule has 0 saturated heterocycles. The minimum atomic E-state index is -0.306. The minimum absolute atomic E-state index is 0.255. The molecule has 18 heavy (non-hydrogen) atoms. The van der Waals surface area contributed by atoms with Crippen LogP contribution in [-0.2, 0) is 17.9 Å². The Bertz CT molecular complexity index is 428. The number of halogens is 1. The molecular weight excluding hydrogens is 296 g/mol. The summed E-state index contributed by atoms with van der Waals surface area (Å²) in [6, 6.07) is 0.255.